The zero-order valence-corrected chi connectivity index (χ0v) is 14.3. The lowest BCUT2D eigenvalue weighted by Gasteiger charge is -2.19. The Kier molecular flexibility index (Phi) is 5.40. The molecule has 1 saturated heterocycles. The number of nitrogens with one attached hydrogen (secondary N) is 1. The summed E-state index contributed by atoms with van der Waals surface area (Å²) in [6.07, 6.45) is 1.39. The van der Waals surface area contributed by atoms with E-state index in [1.165, 1.54) is 0 Å². The molecule has 2 aromatic rings. The molecule has 0 spiro atoms. The highest BCUT2D eigenvalue weighted by Gasteiger charge is 2.31. The van der Waals surface area contributed by atoms with E-state index in [2.05, 4.69) is 5.32 Å². The van der Waals surface area contributed by atoms with Crippen molar-refractivity contribution < 1.29 is 19.1 Å². The summed E-state index contributed by atoms with van der Waals surface area (Å²) in [5.41, 5.74) is 0.906. The summed E-state index contributed by atoms with van der Waals surface area (Å²) in [5.74, 6) is 0.252. The van der Waals surface area contributed by atoms with Crippen LogP contribution in [0.15, 0.2) is 40.8 Å². The Morgan fingerprint density at radius 2 is 2.00 bits per heavy atom. The highest BCUT2D eigenvalue weighted by atomic mass is 35.5. The van der Waals surface area contributed by atoms with Crippen LogP contribution >= 0.6 is 11.6 Å². The van der Waals surface area contributed by atoms with Crippen molar-refractivity contribution >= 4 is 23.5 Å². The minimum absolute atomic E-state index is 0.0850. The number of halogens is 1. The SMILES string of the molecule is O=C(CN1CCCC1C(=O)O)NCc1ccc(-c2ccc(Cl)cc2)o1. The van der Waals surface area contributed by atoms with Crippen molar-refractivity contribution in [2.24, 2.45) is 0 Å². The van der Waals surface area contributed by atoms with Crippen molar-refractivity contribution in [2.75, 3.05) is 13.1 Å². The Bertz CT molecular complexity index is 757. The molecule has 1 unspecified atom stereocenters. The Morgan fingerprint density at radius 3 is 2.72 bits per heavy atom. The number of furan rings is 1. The molecule has 1 fully saturated rings. The third kappa shape index (κ3) is 4.41. The summed E-state index contributed by atoms with van der Waals surface area (Å²) < 4.78 is 5.72. The molecule has 1 aromatic heterocycles. The lowest BCUT2D eigenvalue weighted by atomic mass is 10.2. The smallest absolute Gasteiger partial charge is 0.320 e. The van der Waals surface area contributed by atoms with Gasteiger partial charge in [0.1, 0.15) is 17.6 Å². The molecule has 3 rings (SSSR count). The number of rotatable bonds is 6. The Morgan fingerprint density at radius 1 is 1.24 bits per heavy atom. The van der Waals surface area contributed by atoms with E-state index in [0.29, 0.717) is 29.5 Å². The van der Waals surface area contributed by atoms with Crippen LogP contribution in [0.4, 0.5) is 0 Å². The number of nitrogens with zero attached hydrogens (tertiary/aromatic N) is 1. The molecule has 0 bridgehead atoms. The first kappa shape index (κ1) is 17.5. The Labute approximate surface area is 150 Å². The first-order valence-electron chi connectivity index (χ1n) is 8.11. The van der Waals surface area contributed by atoms with Gasteiger partial charge in [-0.15, -0.1) is 0 Å². The lowest BCUT2D eigenvalue weighted by molar-refractivity contribution is -0.142. The van der Waals surface area contributed by atoms with Gasteiger partial charge in [-0.25, -0.2) is 0 Å². The highest BCUT2D eigenvalue weighted by molar-refractivity contribution is 6.30. The molecule has 0 aliphatic carbocycles. The van der Waals surface area contributed by atoms with E-state index in [-0.39, 0.29) is 19.0 Å². The zero-order chi connectivity index (χ0) is 17.8. The van der Waals surface area contributed by atoms with Gasteiger partial charge in [0.25, 0.3) is 0 Å². The van der Waals surface area contributed by atoms with Gasteiger partial charge in [0.15, 0.2) is 0 Å². The van der Waals surface area contributed by atoms with Crippen LogP contribution in [0.25, 0.3) is 11.3 Å². The van der Waals surface area contributed by atoms with Crippen molar-refractivity contribution in [3.8, 4) is 11.3 Å². The summed E-state index contributed by atoms with van der Waals surface area (Å²) in [4.78, 5) is 24.9. The first-order chi connectivity index (χ1) is 12.0. The van der Waals surface area contributed by atoms with E-state index in [9.17, 15) is 9.59 Å². The number of carbonyl (C=O) groups excluding carboxylic acids is 1. The molecule has 1 aliphatic heterocycles. The van der Waals surface area contributed by atoms with E-state index >= 15 is 0 Å². The third-order valence-corrected chi connectivity index (χ3v) is 4.50. The van der Waals surface area contributed by atoms with Crippen molar-refractivity contribution in [3.63, 3.8) is 0 Å². The molecule has 1 amide bonds. The summed E-state index contributed by atoms with van der Waals surface area (Å²) in [6.45, 7) is 0.978. The Balaban J connectivity index is 1.52. The fourth-order valence-electron chi connectivity index (χ4n) is 2.96. The molecule has 0 radical (unpaired) electrons. The predicted octanol–water partition coefficient (Wildman–Crippen LogP) is 2.77. The second-order valence-electron chi connectivity index (χ2n) is 6.02. The van der Waals surface area contributed by atoms with Crippen molar-refractivity contribution in [1.29, 1.82) is 0 Å². The minimum atomic E-state index is -0.871. The molecule has 7 heteroatoms. The maximum absolute atomic E-state index is 12.1. The van der Waals surface area contributed by atoms with Crippen LogP contribution in [-0.4, -0.2) is 41.0 Å². The average Bonchev–Trinajstić information content (AvgIpc) is 3.23. The van der Waals surface area contributed by atoms with Gasteiger partial charge in [0.05, 0.1) is 13.1 Å². The second kappa shape index (κ2) is 7.72. The fraction of sp³-hybridized carbons (Fsp3) is 0.333. The van der Waals surface area contributed by atoms with Crippen LogP contribution in [-0.2, 0) is 16.1 Å². The largest absolute Gasteiger partial charge is 0.480 e. The summed E-state index contributed by atoms with van der Waals surface area (Å²) in [6, 6.07) is 10.4. The van der Waals surface area contributed by atoms with Crippen molar-refractivity contribution in [2.45, 2.75) is 25.4 Å². The van der Waals surface area contributed by atoms with E-state index in [0.717, 1.165) is 12.0 Å². The molecule has 2 N–H and O–H groups in total. The monoisotopic (exact) mass is 362 g/mol. The third-order valence-electron chi connectivity index (χ3n) is 4.25. The minimum Gasteiger partial charge on any atom is -0.480 e. The number of carboxylic acids is 1. The summed E-state index contributed by atoms with van der Waals surface area (Å²) in [7, 11) is 0. The van der Waals surface area contributed by atoms with Crippen LogP contribution < -0.4 is 5.32 Å². The van der Waals surface area contributed by atoms with Crippen LogP contribution in [0, 0.1) is 0 Å². The standard InChI is InChI=1S/C18H19ClN2O4/c19-13-5-3-12(4-6-13)16-8-7-14(25-16)10-20-17(22)11-21-9-1-2-15(21)18(23)24/h3-8,15H,1-2,9-11H2,(H,20,22)(H,23,24). The lowest BCUT2D eigenvalue weighted by Crippen LogP contribution is -2.42. The second-order valence-corrected chi connectivity index (χ2v) is 6.45. The van der Waals surface area contributed by atoms with Gasteiger partial charge < -0.3 is 14.8 Å². The molecular weight excluding hydrogens is 344 g/mol. The number of carbonyl (C=O) groups is 2. The normalized spacial score (nSPS) is 17.6. The molecule has 1 aromatic carbocycles. The van der Waals surface area contributed by atoms with Crippen LogP contribution in [0.1, 0.15) is 18.6 Å². The van der Waals surface area contributed by atoms with Crippen LogP contribution in [0.5, 0.6) is 0 Å². The fourth-order valence-corrected chi connectivity index (χ4v) is 3.09. The molecule has 1 aliphatic rings. The van der Waals surface area contributed by atoms with E-state index in [4.69, 9.17) is 21.1 Å². The van der Waals surface area contributed by atoms with E-state index in [1.54, 1.807) is 23.1 Å². The van der Waals surface area contributed by atoms with Gasteiger partial charge in [-0.1, -0.05) is 11.6 Å². The molecule has 6 nitrogen and oxygen atoms in total. The van der Waals surface area contributed by atoms with Gasteiger partial charge in [0, 0.05) is 10.6 Å². The average molecular weight is 363 g/mol. The number of amides is 1. The number of likely N-dealkylation sites (tertiary alicyclic amines) is 1. The molecule has 132 valence electrons. The van der Waals surface area contributed by atoms with Crippen molar-refractivity contribution in [1.82, 2.24) is 10.2 Å². The molecule has 2 heterocycles. The molecule has 25 heavy (non-hydrogen) atoms. The number of aliphatic carboxylic acids is 1. The van der Waals surface area contributed by atoms with Crippen molar-refractivity contribution in [3.05, 3.63) is 47.2 Å². The molecule has 0 saturated carbocycles. The quantitative estimate of drug-likeness (QED) is 0.825. The van der Waals surface area contributed by atoms with Gasteiger partial charge in [-0.05, 0) is 55.8 Å². The first-order valence-corrected chi connectivity index (χ1v) is 8.49. The predicted molar refractivity (Wildman–Crippen MR) is 93.2 cm³/mol. The van der Waals surface area contributed by atoms with Crippen LogP contribution in [0.3, 0.4) is 0 Å². The number of carboxylic acid groups (broad SMARTS) is 1. The number of hydrogen-bond donors (Lipinski definition) is 2. The maximum Gasteiger partial charge on any atom is 0.320 e. The molecular formula is C18H19ClN2O4. The summed E-state index contributed by atoms with van der Waals surface area (Å²) >= 11 is 5.87. The Hall–Kier alpha value is -2.31. The van der Waals surface area contributed by atoms with Gasteiger partial charge in [-0.2, -0.15) is 0 Å². The number of benzene rings is 1. The van der Waals surface area contributed by atoms with Gasteiger partial charge >= 0.3 is 5.97 Å². The van der Waals surface area contributed by atoms with Gasteiger partial charge in [-0.3, -0.25) is 14.5 Å². The summed E-state index contributed by atoms with van der Waals surface area (Å²) in [5, 5.41) is 12.6. The topological polar surface area (TPSA) is 82.8 Å². The van der Waals surface area contributed by atoms with Gasteiger partial charge in [0.2, 0.25) is 5.91 Å². The zero-order valence-electron chi connectivity index (χ0n) is 13.6. The maximum atomic E-state index is 12.1. The number of hydrogen-bond acceptors (Lipinski definition) is 4. The van der Waals surface area contributed by atoms with E-state index in [1.807, 2.05) is 18.2 Å². The molecule has 1 atom stereocenters. The van der Waals surface area contributed by atoms with Crippen LogP contribution in [0.2, 0.25) is 5.02 Å². The van der Waals surface area contributed by atoms with E-state index < -0.39 is 12.0 Å². The highest BCUT2D eigenvalue weighted by Crippen LogP contribution is 2.23.